The molecule has 2 heterocycles. The molecule has 0 atom stereocenters. The number of aliphatic hydroxyl groups excluding tert-OH is 1. The van der Waals surface area contributed by atoms with Gasteiger partial charge in [-0.3, -0.25) is 19.3 Å². The van der Waals surface area contributed by atoms with E-state index in [0.717, 1.165) is 10.9 Å². The molecule has 29 heavy (non-hydrogen) atoms. The highest BCUT2D eigenvalue weighted by Crippen LogP contribution is 2.32. The lowest BCUT2D eigenvalue weighted by Gasteiger charge is -2.13. The number of nitrogens with zero attached hydrogens (tertiary/aromatic N) is 3. The Labute approximate surface area is 164 Å². The van der Waals surface area contributed by atoms with Crippen molar-refractivity contribution in [3.63, 3.8) is 0 Å². The number of ketones is 2. The molecule has 0 saturated heterocycles. The Morgan fingerprint density at radius 3 is 2.52 bits per heavy atom. The predicted molar refractivity (Wildman–Crippen MR) is 97.0 cm³/mol. The smallest absolute Gasteiger partial charge is 0.282 e. The Morgan fingerprint density at radius 1 is 1.24 bits per heavy atom. The van der Waals surface area contributed by atoms with E-state index >= 15 is 0 Å². The first-order valence-electron chi connectivity index (χ1n) is 8.78. The first kappa shape index (κ1) is 20.4. The summed E-state index contributed by atoms with van der Waals surface area (Å²) in [7, 11) is 2.86. The van der Waals surface area contributed by atoms with Crippen LogP contribution in [-0.2, 0) is 16.1 Å². The number of carbonyl (C=O) groups is 2. The minimum absolute atomic E-state index is 0.0649. The molecule has 0 bridgehead atoms. The zero-order chi connectivity index (χ0) is 21.1. The van der Waals surface area contributed by atoms with E-state index in [1.807, 2.05) is 0 Å². The Hall–Kier alpha value is -3.30. The van der Waals surface area contributed by atoms with Crippen LogP contribution in [0.4, 0.5) is 8.78 Å². The number of aliphatic hydroxyl groups is 1. The first-order valence-corrected chi connectivity index (χ1v) is 8.78. The van der Waals surface area contributed by atoms with E-state index in [2.05, 4.69) is 10.1 Å². The lowest BCUT2D eigenvalue weighted by molar-refractivity contribution is -0.123. The molecule has 2 aromatic rings. The molecule has 3 rings (SSSR count). The van der Waals surface area contributed by atoms with Crippen LogP contribution >= 0.6 is 0 Å². The molecule has 0 amide bonds. The maximum Gasteiger partial charge on any atom is 0.282 e. The second-order valence-electron chi connectivity index (χ2n) is 6.34. The lowest BCUT2D eigenvalue weighted by Crippen LogP contribution is -2.20. The number of halogens is 2. The van der Waals surface area contributed by atoms with Crippen molar-refractivity contribution in [3.8, 4) is 11.5 Å². The van der Waals surface area contributed by atoms with Gasteiger partial charge < -0.3 is 14.6 Å². The third-order valence-corrected chi connectivity index (χ3v) is 4.53. The molecule has 8 nitrogen and oxygen atoms in total. The van der Waals surface area contributed by atoms with Gasteiger partial charge in [-0.25, -0.2) is 8.78 Å². The van der Waals surface area contributed by atoms with Crippen molar-refractivity contribution in [1.82, 2.24) is 14.8 Å². The molecule has 0 aromatic carbocycles. The van der Waals surface area contributed by atoms with Gasteiger partial charge in [-0.1, -0.05) is 0 Å². The maximum atomic E-state index is 13.5. The fourth-order valence-corrected chi connectivity index (χ4v) is 3.19. The molecule has 1 N–H and O–H groups in total. The molecule has 1 aliphatic carbocycles. The highest BCUT2D eigenvalue weighted by atomic mass is 19.3. The van der Waals surface area contributed by atoms with Crippen LogP contribution in [0.3, 0.4) is 0 Å². The van der Waals surface area contributed by atoms with E-state index in [-0.39, 0.29) is 24.9 Å². The van der Waals surface area contributed by atoms with Gasteiger partial charge in [-0.15, -0.1) is 0 Å². The van der Waals surface area contributed by atoms with Crippen LogP contribution in [0.2, 0.25) is 0 Å². The zero-order valence-corrected chi connectivity index (χ0v) is 15.8. The number of methoxy groups -OCH3 is 2. The molecule has 0 radical (unpaired) electrons. The van der Waals surface area contributed by atoms with Gasteiger partial charge in [0.2, 0.25) is 0 Å². The number of hydrogen-bond acceptors (Lipinski definition) is 7. The number of carbonyl (C=O) groups excluding carboxylic acids is 2. The number of alkyl halides is 2. The van der Waals surface area contributed by atoms with E-state index < -0.39 is 35.0 Å². The van der Waals surface area contributed by atoms with Crippen LogP contribution in [0.25, 0.3) is 5.76 Å². The molecule has 154 valence electrons. The predicted octanol–water partition coefficient (Wildman–Crippen LogP) is 2.87. The van der Waals surface area contributed by atoms with E-state index in [1.54, 1.807) is 6.07 Å². The van der Waals surface area contributed by atoms with E-state index in [1.165, 1.54) is 20.4 Å². The van der Waals surface area contributed by atoms with E-state index in [4.69, 9.17) is 9.47 Å². The second kappa shape index (κ2) is 8.38. The Bertz CT molecular complexity index is 966. The Balaban J connectivity index is 2.05. The third kappa shape index (κ3) is 3.96. The summed E-state index contributed by atoms with van der Waals surface area (Å²) in [5, 5.41) is 14.3. The average Bonchev–Trinajstić information content (AvgIpc) is 3.11. The molecule has 0 spiro atoms. The summed E-state index contributed by atoms with van der Waals surface area (Å²) in [6.45, 7) is -0.0649. The van der Waals surface area contributed by atoms with Crippen molar-refractivity contribution in [2.45, 2.75) is 32.2 Å². The summed E-state index contributed by atoms with van der Waals surface area (Å²) >= 11 is 0. The van der Waals surface area contributed by atoms with E-state index in [9.17, 15) is 23.5 Å². The van der Waals surface area contributed by atoms with Crippen LogP contribution < -0.4 is 9.47 Å². The van der Waals surface area contributed by atoms with E-state index in [0.29, 0.717) is 23.6 Å². The largest absolute Gasteiger partial charge is 0.506 e. The molecule has 1 saturated carbocycles. The van der Waals surface area contributed by atoms with Gasteiger partial charge in [-0.05, 0) is 6.42 Å². The zero-order valence-electron chi connectivity index (χ0n) is 15.8. The molecule has 1 aliphatic rings. The molecular weight excluding hydrogens is 388 g/mol. The van der Waals surface area contributed by atoms with Crippen LogP contribution in [0, 0.1) is 0 Å². The normalized spacial score (nSPS) is 14.4. The summed E-state index contributed by atoms with van der Waals surface area (Å²) in [5.41, 5.74) is -1.18. The van der Waals surface area contributed by atoms with Gasteiger partial charge in [0.15, 0.2) is 23.1 Å². The summed E-state index contributed by atoms with van der Waals surface area (Å²) < 4.78 is 38.6. The molecule has 2 aromatic heterocycles. The Kier molecular flexibility index (Phi) is 5.90. The number of aromatic nitrogens is 3. The second-order valence-corrected chi connectivity index (χ2v) is 6.34. The molecule has 10 heteroatoms. The Morgan fingerprint density at radius 2 is 1.93 bits per heavy atom. The number of hydrogen-bond donors (Lipinski definition) is 1. The standard InChI is InChI=1S/C19H19F2N3O5/c1-28-14-6-7-22-11(18(14)29-2)9-24-8-10(16(23-24)19(20)21)17(27)15-12(25)4-3-5-13(15)26/h6-8,19,27H,3-5,9H2,1-2H3. The van der Waals surface area contributed by atoms with Crippen molar-refractivity contribution < 1.29 is 33.0 Å². The van der Waals surface area contributed by atoms with Gasteiger partial charge in [0, 0.05) is 31.3 Å². The first-order chi connectivity index (χ1) is 13.9. The number of pyridine rings is 1. The minimum Gasteiger partial charge on any atom is -0.506 e. The van der Waals surface area contributed by atoms with Gasteiger partial charge in [0.05, 0.1) is 26.3 Å². The van der Waals surface area contributed by atoms with Gasteiger partial charge >= 0.3 is 0 Å². The van der Waals surface area contributed by atoms with Crippen LogP contribution in [0.15, 0.2) is 24.0 Å². The third-order valence-electron chi connectivity index (χ3n) is 4.53. The van der Waals surface area contributed by atoms with Crippen molar-refractivity contribution >= 4 is 17.3 Å². The quantitative estimate of drug-likeness (QED) is 0.446. The lowest BCUT2D eigenvalue weighted by atomic mass is 9.90. The fourth-order valence-electron chi connectivity index (χ4n) is 3.19. The average molecular weight is 407 g/mol. The van der Waals surface area contributed by atoms with Crippen LogP contribution in [0.1, 0.15) is 42.6 Å². The molecule has 1 fully saturated rings. The fraction of sp³-hybridized carbons (Fsp3) is 0.368. The number of Topliss-reactive ketones (excluding diaryl/α,β-unsaturated/α-hetero) is 2. The number of allylic oxidation sites excluding steroid dienone is 1. The van der Waals surface area contributed by atoms with Crippen LogP contribution in [0.5, 0.6) is 11.5 Å². The van der Waals surface area contributed by atoms with Crippen molar-refractivity contribution in [2.75, 3.05) is 14.2 Å². The van der Waals surface area contributed by atoms with Gasteiger partial charge in [0.25, 0.3) is 6.43 Å². The maximum absolute atomic E-state index is 13.5. The summed E-state index contributed by atoms with van der Waals surface area (Å²) in [6, 6.07) is 1.58. The summed E-state index contributed by atoms with van der Waals surface area (Å²) in [4.78, 5) is 28.3. The summed E-state index contributed by atoms with van der Waals surface area (Å²) in [6.07, 6.45) is 0.120. The molecule has 0 unspecified atom stereocenters. The SMILES string of the molecule is COc1ccnc(Cn2cc(C(O)=C3C(=O)CCCC3=O)c(C(F)F)n2)c1OC. The summed E-state index contributed by atoms with van der Waals surface area (Å²) in [5.74, 6) is -1.19. The highest BCUT2D eigenvalue weighted by Gasteiger charge is 2.31. The van der Waals surface area contributed by atoms with Crippen LogP contribution in [-0.4, -0.2) is 45.7 Å². The topological polar surface area (TPSA) is 104 Å². The van der Waals surface area contributed by atoms with Crippen molar-refractivity contribution in [3.05, 3.63) is 41.0 Å². The number of ether oxygens (including phenoxy) is 2. The molecule has 0 aliphatic heterocycles. The highest BCUT2D eigenvalue weighted by molar-refractivity contribution is 6.25. The monoisotopic (exact) mass is 407 g/mol. The molecular formula is C19H19F2N3O5. The van der Waals surface area contributed by atoms with Gasteiger partial charge in [-0.2, -0.15) is 5.10 Å². The van der Waals surface area contributed by atoms with Crippen molar-refractivity contribution in [2.24, 2.45) is 0 Å². The number of rotatable bonds is 6. The van der Waals surface area contributed by atoms with Crippen molar-refractivity contribution in [1.29, 1.82) is 0 Å². The minimum atomic E-state index is -3.03. The van der Waals surface area contributed by atoms with Gasteiger partial charge in [0.1, 0.15) is 22.7 Å².